The summed E-state index contributed by atoms with van der Waals surface area (Å²) in [6.07, 6.45) is 5.78. The first kappa shape index (κ1) is 63.1. The molecule has 4 aromatic rings. The number of aliphatic hydroxyl groups excluding tert-OH is 1. The molecule has 2 fully saturated rings. The van der Waals surface area contributed by atoms with Crippen molar-refractivity contribution in [3.8, 4) is 5.75 Å². The molecule has 8 atom stereocenters. The van der Waals surface area contributed by atoms with Crippen LogP contribution in [0.4, 0.5) is 0 Å². The van der Waals surface area contributed by atoms with E-state index in [-0.39, 0.29) is 93.9 Å². The van der Waals surface area contributed by atoms with Crippen LogP contribution in [0, 0.1) is 5.92 Å². The molecule has 2 aromatic heterocycles. The summed E-state index contributed by atoms with van der Waals surface area (Å²) in [5, 5.41) is 45.0. The number of carbonyl (C=O) groups is 10. The maximum Gasteiger partial charge on any atom is 0.245 e. The van der Waals surface area contributed by atoms with E-state index in [4.69, 9.17) is 11.5 Å². The van der Waals surface area contributed by atoms with Gasteiger partial charge in [-0.15, -0.1) is 0 Å². The van der Waals surface area contributed by atoms with E-state index in [2.05, 4.69) is 67.8 Å². The first-order chi connectivity index (χ1) is 39.7. The number of likely N-dealkylation sites (N-methyl/N-ethyl adjacent to an activating group) is 1. The van der Waals surface area contributed by atoms with Crippen LogP contribution in [0.5, 0.6) is 5.75 Å². The summed E-state index contributed by atoms with van der Waals surface area (Å²) in [5.74, 6) is -7.41. The standard InChI is InChI=1S/C55H76N16O12/c1-4-59-53(82)44-12-8-20-71(44)54(83)38(11-7-19-60-55(56)57)66-49(78)39(21-30(2)3)65-46(75)27-62-47(76)40(22-31-13-15-34(73)16-14-31)67-52(81)43(28-72)70-50(79)41(23-32-25-61-36-10-6-5-9-35(32)36)68-51(80)42(24-33-26-58-29-63-33)69-48(77)37-17-18-45(74)64-37/h5-6,9-10,13-16,25-26,29-30,37-44,61,72-73H,4,7-8,11-12,17-24,27-28H2,1-3H3,(H,58,63)(H,59,82)(H,62,76)(H,64,74)(H,65,75)(H,66,78)(H,67,81)(H,68,80)(H,69,77)(H,70,79)(H4,56,57,60)/t37-,38-,39-,40-,41-,42-,43-,44-/m1/s1. The zero-order valence-corrected chi connectivity index (χ0v) is 46.6. The van der Waals surface area contributed by atoms with Crippen molar-refractivity contribution in [1.82, 2.24) is 67.7 Å². The molecule has 2 saturated heterocycles. The fourth-order valence-electron chi connectivity index (χ4n) is 9.79. The van der Waals surface area contributed by atoms with Crippen LogP contribution in [0.3, 0.4) is 0 Å². The Bertz CT molecular complexity index is 2950. The zero-order valence-electron chi connectivity index (χ0n) is 46.6. The Hall–Kier alpha value is -9.08. The molecule has 4 heterocycles. The number of fused-ring (bicyclic) bond motifs is 1. The first-order valence-corrected chi connectivity index (χ1v) is 27.7. The molecule has 2 aliphatic heterocycles. The van der Waals surface area contributed by atoms with Crippen molar-refractivity contribution in [1.29, 1.82) is 0 Å². The number of amides is 10. The Morgan fingerprint density at radius 3 is 2.07 bits per heavy atom. The molecule has 17 N–H and O–H groups in total. The number of para-hydroxylation sites is 1. The van der Waals surface area contributed by atoms with E-state index in [0.717, 1.165) is 5.52 Å². The smallest absolute Gasteiger partial charge is 0.245 e. The number of H-pyrrole nitrogens is 2. The molecule has 0 aliphatic carbocycles. The monoisotopic (exact) mass is 1150 g/mol. The lowest BCUT2D eigenvalue weighted by atomic mass is 10.0. The molecule has 83 heavy (non-hydrogen) atoms. The molecule has 2 aromatic carbocycles. The van der Waals surface area contributed by atoms with Gasteiger partial charge < -0.3 is 84.4 Å². The molecule has 448 valence electrons. The number of phenols is 1. The lowest BCUT2D eigenvalue weighted by Crippen LogP contribution is -2.60. The number of hydrogen-bond acceptors (Lipinski definition) is 14. The highest BCUT2D eigenvalue weighted by Crippen LogP contribution is 2.22. The lowest BCUT2D eigenvalue weighted by molar-refractivity contribution is -0.142. The van der Waals surface area contributed by atoms with Gasteiger partial charge in [0.1, 0.15) is 54.1 Å². The van der Waals surface area contributed by atoms with E-state index in [0.29, 0.717) is 41.6 Å². The number of hydrogen-bond donors (Lipinski definition) is 15. The summed E-state index contributed by atoms with van der Waals surface area (Å²) in [4.78, 5) is 152. The SMILES string of the molecule is CCNC(=O)[C@H]1CCCN1C(=O)[C@@H](CCCN=C(N)N)NC(=O)[C@@H](CC(C)C)NC(=O)CNC(=O)[C@@H](Cc1ccc(O)cc1)NC(=O)[C@@H](CO)NC(=O)[C@@H](Cc1c[nH]c2ccccc12)NC(=O)[C@@H](Cc1cnc[nH]1)NC(=O)[C@H]1CCC(=O)N1. The largest absolute Gasteiger partial charge is 0.508 e. The fourth-order valence-corrected chi connectivity index (χ4v) is 9.79. The number of aliphatic hydroxyl groups is 1. The second kappa shape index (κ2) is 30.7. The maximum absolute atomic E-state index is 14.4. The number of rotatable bonds is 30. The second-order valence-electron chi connectivity index (χ2n) is 20.9. The van der Waals surface area contributed by atoms with Crippen molar-refractivity contribution in [2.24, 2.45) is 22.4 Å². The molecule has 0 radical (unpaired) electrons. The number of benzene rings is 2. The van der Waals surface area contributed by atoms with E-state index in [9.17, 15) is 58.2 Å². The van der Waals surface area contributed by atoms with E-state index >= 15 is 0 Å². The minimum absolute atomic E-state index is 0.0913. The minimum Gasteiger partial charge on any atom is -0.508 e. The average molecular weight is 1150 g/mol. The molecule has 2 aliphatic rings. The van der Waals surface area contributed by atoms with E-state index in [1.54, 1.807) is 31.3 Å². The van der Waals surface area contributed by atoms with Crippen LogP contribution in [0.1, 0.15) is 82.5 Å². The van der Waals surface area contributed by atoms with Gasteiger partial charge in [0.15, 0.2) is 5.96 Å². The molecule has 10 amide bonds. The first-order valence-electron chi connectivity index (χ1n) is 27.7. The molecule has 28 heteroatoms. The molecule has 0 saturated carbocycles. The van der Waals surface area contributed by atoms with Gasteiger partial charge >= 0.3 is 0 Å². The fraction of sp³-hybridized carbons (Fsp3) is 0.491. The van der Waals surface area contributed by atoms with Crippen LogP contribution in [-0.4, -0.2) is 176 Å². The van der Waals surface area contributed by atoms with Crippen LogP contribution < -0.4 is 59.3 Å². The zero-order chi connectivity index (χ0) is 60.2. The van der Waals surface area contributed by atoms with Crippen LogP contribution in [-0.2, 0) is 67.2 Å². The van der Waals surface area contributed by atoms with Crippen LogP contribution in [0.15, 0.2) is 72.2 Å². The maximum atomic E-state index is 14.4. The van der Waals surface area contributed by atoms with Crippen molar-refractivity contribution >= 4 is 75.9 Å². The topological polar surface area (TPSA) is 432 Å². The third-order valence-electron chi connectivity index (χ3n) is 14.0. The van der Waals surface area contributed by atoms with Gasteiger partial charge in [-0.25, -0.2) is 4.98 Å². The lowest BCUT2D eigenvalue weighted by Gasteiger charge is -2.30. The van der Waals surface area contributed by atoms with Gasteiger partial charge in [-0.3, -0.25) is 52.9 Å². The highest BCUT2D eigenvalue weighted by molar-refractivity contribution is 5.99. The quantitative estimate of drug-likeness (QED) is 0.0142. The van der Waals surface area contributed by atoms with Gasteiger partial charge in [0.2, 0.25) is 59.1 Å². The molecule has 0 bridgehead atoms. The Balaban J connectivity index is 1.16. The molecule has 0 spiro atoms. The highest BCUT2D eigenvalue weighted by Gasteiger charge is 2.39. The van der Waals surface area contributed by atoms with Crippen LogP contribution in [0.25, 0.3) is 10.9 Å². The number of aliphatic imine (C=N–C) groups is 1. The summed E-state index contributed by atoms with van der Waals surface area (Å²) in [6.45, 7) is 4.47. The van der Waals surface area contributed by atoms with Crippen molar-refractivity contribution in [2.45, 2.75) is 133 Å². The second-order valence-corrected chi connectivity index (χ2v) is 20.9. The van der Waals surface area contributed by atoms with Crippen LogP contribution >= 0.6 is 0 Å². The molecule has 28 nitrogen and oxygen atoms in total. The molecule has 0 unspecified atom stereocenters. The number of imidazole rings is 1. The summed E-state index contributed by atoms with van der Waals surface area (Å²) < 4.78 is 0. The number of phenolic OH excluding ortho intramolecular Hbond substituents is 1. The average Bonchev–Trinajstić information content (AvgIpc) is 4.49. The van der Waals surface area contributed by atoms with Gasteiger partial charge in [-0.05, 0) is 80.7 Å². The number of carbonyl (C=O) groups excluding carboxylic acids is 10. The normalized spacial score (nSPS) is 16.9. The number of nitrogens with two attached hydrogens (primary N) is 2. The van der Waals surface area contributed by atoms with Gasteiger partial charge in [-0.1, -0.05) is 44.2 Å². The predicted molar refractivity (Wildman–Crippen MR) is 302 cm³/mol. The molecular formula is C55H76N16O12. The van der Waals surface area contributed by atoms with Crippen molar-refractivity contribution in [3.05, 3.63) is 84.1 Å². The number of guanidine groups is 1. The van der Waals surface area contributed by atoms with Crippen molar-refractivity contribution < 1.29 is 58.2 Å². The van der Waals surface area contributed by atoms with E-state index in [1.165, 1.54) is 41.7 Å². The summed E-state index contributed by atoms with van der Waals surface area (Å²) in [5.41, 5.74) is 13.2. The van der Waals surface area contributed by atoms with Gasteiger partial charge in [0.25, 0.3) is 0 Å². The Morgan fingerprint density at radius 1 is 0.759 bits per heavy atom. The molecular weight excluding hydrogens is 1080 g/mol. The summed E-state index contributed by atoms with van der Waals surface area (Å²) in [6, 6.07) is 2.91. The highest BCUT2D eigenvalue weighted by atomic mass is 16.3. The number of likely N-dealkylation sites (tertiary alicyclic amines) is 1. The number of aromatic nitrogens is 3. The number of nitrogens with zero attached hydrogens (tertiary/aromatic N) is 3. The van der Waals surface area contributed by atoms with Gasteiger partial charge in [0.05, 0.1) is 19.5 Å². The third kappa shape index (κ3) is 18.7. The Labute approximate surface area is 478 Å². The van der Waals surface area contributed by atoms with Gasteiger partial charge in [-0.2, -0.15) is 0 Å². The number of nitrogens with one attached hydrogen (secondary N) is 11. The van der Waals surface area contributed by atoms with Crippen LogP contribution in [0.2, 0.25) is 0 Å². The summed E-state index contributed by atoms with van der Waals surface area (Å²) >= 11 is 0. The minimum atomic E-state index is -1.74. The van der Waals surface area contributed by atoms with E-state index < -0.39 is 109 Å². The summed E-state index contributed by atoms with van der Waals surface area (Å²) in [7, 11) is 0. The Kier molecular flexibility index (Phi) is 23.3. The Morgan fingerprint density at radius 2 is 1.42 bits per heavy atom. The third-order valence-corrected chi connectivity index (χ3v) is 14.0. The number of aromatic amines is 2. The van der Waals surface area contributed by atoms with Gasteiger partial charge in [0, 0.05) is 74.3 Å². The predicted octanol–water partition coefficient (Wildman–Crippen LogP) is -2.85. The number of aromatic hydroxyl groups is 1. The van der Waals surface area contributed by atoms with Crippen molar-refractivity contribution in [3.63, 3.8) is 0 Å². The van der Waals surface area contributed by atoms with Crippen molar-refractivity contribution in [2.75, 3.05) is 32.8 Å². The molecule has 6 rings (SSSR count). The van der Waals surface area contributed by atoms with E-state index in [1.807, 2.05) is 19.9 Å².